The van der Waals surface area contributed by atoms with E-state index in [1.807, 2.05) is 0 Å². The van der Waals surface area contributed by atoms with Crippen molar-refractivity contribution in [2.75, 3.05) is 5.32 Å². The summed E-state index contributed by atoms with van der Waals surface area (Å²) in [5.41, 5.74) is 0.906. The molecule has 1 aromatic rings. The maximum Gasteiger partial charge on any atom is 0.319 e. The van der Waals surface area contributed by atoms with Crippen LogP contribution < -0.4 is 10.6 Å². The molecule has 0 aromatic carbocycles. The monoisotopic (exact) mass is 293 g/mol. The highest BCUT2D eigenvalue weighted by molar-refractivity contribution is 5.89. The van der Waals surface area contributed by atoms with Crippen LogP contribution in [0.1, 0.15) is 31.4 Å². The van der Waals surface area contributed by atoms with E-state index in [9.17, 15) is 14.7 Å². The van der Waals surface area contributed by atoms with Crippen LogP contribution in [0.25, 0.3) is 0 Å². The average molecular weight is 293 g/mol. The van der Waals surface area contributed by atoms with Gasteiger partial charge in [0.05, 0.1) is 36.1 Å². The summed E-state index contributed by atoms with van der Waals surface area (Å²) in [5, 5.41) is 23.8. The molecule has 7 heteroatoms. The molecule has 2 rings (SSSR count). The number of carboxylic acid groups (broad SMARTS) is 1. The largest absolute Gasteiger partial charge is 0.481 e. The number of carbonyl (C=O) groups is 2. The summed E-state index contributed by atoms with van der Waals surface area (Å²) in [6.07, 6.45) is 4.21. The standard InChI is InChI=1S/C14H19N3O4/c18-12-4-2-1-3-11(12)17-14(21)16-10-6-5-9(15-8-10)7-13(19)20/h5-6,8,11-12,18H,1-4,7H2,(H,19,20)(H2,16,17,21). The summed E-state index contributed by atoms with van der Waals surface area (Å²) in [7, 11) is 0. The molecule has 1 heterocycles. The van der Waals surface area contributed by atoms with Crippen LogP contribution in [-0.4, -0.2) is 39.3 Å². The highest BCUT2D eigenvalue weighted by Crippen LogP contribution is 2.18. The lowest BCUT2D eigenvalue weighted by molar-refractivity contribution is -0.136. The van der Waals surface area contributed by atoms with Gasteiger partial charge < -0.3 is 20.8 Å². The van der Waals surface area contributed by atoms with E-state index in [1.54, 1.807) is 12.1 Å². The van der Waals surface area contributed by atoms with Crippen LogP contribution in [0.15, 0.2) is 18.3 Å². The second kappa shape index (κ2) is 7.03. The van der Waals surface area contributed by atoms with E-state index >= 15 is 0 Å². The van der Waals surface area contributed by atoms with Crippen LogP contribution in [0.3, 0.4) is 0 Å². The molecule has 1 aliphatic rings. The minimum atomic E-state index is -0.952. The number of pyridine rings is 1. The van der Waals surface area contributed by atoms with Gasteiger partial charge in [-0.05, 0) is 25.0 Å². The Labute approximate surface area is 122 Å². The molecule has 4 N–H and O–H groups in total. The Bertz CT molecular complexity index is 503. The second-order valence-corrected chi connectivity index (χ2v) is 5.17. The first-order chi connectivity index (χ1) is 10.0. The Kier molecular flexibility index (Phi) is 5.10. The van der Waals surface area contributed by atoms with E-state index in [0.717, 1.165) is 19.3 Å². The van der Waals surface area contributed by atoms with Crippen LogP contribution in [-0.2, 0) is 11.2 Å². The van der Waals surface area contributed by atoms with Crippen LogP contribution in [0, 0.1) is 0 Å². The maximum absolute atomic E-state index is 11.8. The molecule has 114 valence electrons. The van der Waals surface area contributed by atoms with Crippen molar-refractivity contribution in [1.29, 1.82) is 0 Å². The number of amides is 2. The predicted octanol–water partition coefficient (Wildman–Crippen LogP) is 1.13. The first-order valence-corrected chi connectivity index (χ1v) is 6.97. The van der Waals surface area contributed by atoms with Crippen molar-refractivity contribution >= 4 is 17.7 Å². The molecule has 1 aromatic heterocycles. The molecule has 21 heavy (non-hydrogen) atoms. The molecule has 0 saturated heterocycles. The van der Waals surface area contributed by atoms with Crippen LogP contribution in [0.4, 0.5) is 10.5 Å². The summed E-state index contributed by atoms with van der Waals surface area (Å²) in [4.78, 5) is 26.3. The Morgan fingerprint density at radius 3 is 2.67 bits per heavy atom. The molecule has 0 aliphatic heterocycles. The number of carbonyl (C=O) groups excluding carboxylic acids is 1. The molecular weight excluding hydrogens is 274 g/mol. The molecule has 0 spiro atoms. The number of hydrogen-bond acceptors (Lipinski definition) is 4. The third-order valence-electron chi connectivity index (χ3n) is 3.46. The Morgan fingerprint density at radius 2 is 2.05 bits per heavy atom. The smallest absolute Gasteiger partial charge is 0.319 e. The number of aliphatic hydroxyl groups excluding tert-OH is 1. The fraction of sp³-hybridized carbons (Fsp3) is 0.500. The van der Waals surface area contributed by atoms with E-state index in [1.165, 1.54) is 6.20 Å². The zero-order valence-corrected chi connectivity index (χ0v) is 11.6. The minimum absolute atomic E-state index is 0.152. The molecule has 0 bridgehead atoms. The van der Waals surface area contributed by atoms with Gasteiger partial charge in [0, 0.05) is 0 Å². The van der Waals surface area contributed by atoms with Crippen molar-refractivity contribution in [3.8, 4) is 0 Å². The highest BCUT2D eigenvalue weighted by atomic mass is 16.4. The zero-order chi connectivity index (χ0) is 15.2. The van der Waals surface area contributed by atoms with Crippen LogP contribution in [0.5, 0.6) is 0 Å². The number of aliphatic hydroxyl groups is 1. The molecule has 2 atom stereocenters. The van der Waals surface area contributed by atoms with Crippen molar-refractivity contribution in [3.05, 3.63) is 24.0 Å². The van der Waals surface area contributed by atoms with Crippen molar-refractivity contribution in [2.24, 2.45) is 0 Å². The van der Waals surface area contributed by atoms with Gasteiger partial charge in [-0.3, -0.25) is 9.78 Å². The van der Waals surface area contributed by atoms with Crippen molar-refractivity contribution in [3.63, 3.8) is 0 Å². The molecule has 1 saturated carbocycles. The van der Waals surface area contributed by atoms with E-state index < -0.39 is 18.1 Å². The maximum atomic E-state index is 11.8. The lowest BCUT2D eigenvalue weighted by Gasteiger charge is -2.28. The summed E-state index contributed by atoms with van der Waals surface area (Å²) < 4.78 is 0. The fourth-order valence-corrected chi connectivity index (χ4v) is 2.37. The van der Waals surface area contributed by atoms with Crippen molar-refractivity contribution in [2.45, 2.75) is 44.2 Å². The molecular formula is C14H19N3O4. The predicted molar refractivity (Wildman–Crippen MR) is 76.0 cm³/mol. The number of anilines is 1. The fourth-order valence-electron chi connectivity index (χ4n) is 2.37. The van der Waals surface area contributed by atoms with Gasteiger partial charge >= 0.3 is 12.0 Å². The lowest BCUT2D eigenvalue weighted by Crippen LogP contribution is -2.46. The number of urea groups is 1. The molecule has 1 aliphatic carbocycles. The summed E-state index contributed by atoms with van der Waals surface area (Å²) >= 11 is 0. The topological polar surface area (TPSA) is 112 Å². The van der Waals surface area contributed by atoms with Crippen molar-refractivity contribution < 1.29 is 19.8 Å². The van der Waals surface area contributed by atoms with E-state index in [0.29, 0.717) is 17.8 Å². The van der Waals surface area contributed by atoms with Gasteiger partial charge in [0.25, 0.3) is 0 Å². The minimum Gasteiger partial charge on any atom is -0.481 e. The van der Waals surface area contributed by atoms with E-state index in [4.69, 9.17) is 5.11 Å². The van der Waals surface area contributed by atoms with Gasteiger partial charge in [-0.25, -0.2) is 4.79 Å². The van der Waals surface area contributed by atoms with Gasteiger partial charge in [-0.2, -0.15) is 0 Å². The Morgan fingerprint density at radius 1 is 1.29 bits per heavy atom. The third-order valence-corrected chi connectivity index (χ3v) is 3.46. The molecule has 2 amide bonds. The van der Waals surface area contributed by atoms with Gasteiger partial charge in [0.15, 0.2) is 0 Å². The van der Waals surface area contributed by atoms with Gasteiger partial charge in [-0.1, -0.05) is 12.8 Å². The van der Waals surface area contributed by atoms with Crippen LogP contribution in [0.2, 0.25) is 0 Å². The number of rotatable bonds is 4. The van der Waals surface area contributed by atoms with Gasteiger partial charge in [-0.15, -0.1) is 0 Å². The zero-order valence-electron chi connectivity index (χ0n) is 11.6. The Hall–Kier alpha value is -2.15. The quantitative estimate of drug-likeness (QED) is 0.665. The number of nitrogens with one attached hydrogen (secondary N) is 2. The van der Waals surface area contributed by atoms with E-state index in [-0.39, 0.29) is 12.5 Å². The second-order valence-electron chi connectivity index (χ2n) is 5.17. The summed E-state index contributed by atoms with van der Waals surface area (Å²) in [6.45, 7) is 0. The lowest BCUT2D eigenvalue weighted by atomic mass is 9.93. The van der Waals surface area contributed by atoms with Gasteiger partial charge in [0.2, 0.25) is 0 Å². The van der Waals surface area contributed by atoms with Gasteiger partial charge in [0.1, 0.15) is 0 Å². The van der Waals surface area contributed by atoms with E-state index in [2.05, 4.69) is 15.6 Å². The SMILES string of the molecule is O=C(O)Cc1ccc(NC(=O)NC2CCCCC2O)cn1. The van der Waals surface area contributed by atoms with Crippen molar-refractivity contribution in [1.82, 2.24) is 10.3 Å². The molecule has 1 fully saturated rings. The number of hydrogen-bond donors (Lipinski definition) is 4. The summed E-state index contributed by atoms with van der Waals surface area (Å²) in [6, 6.07) is 2.54. The number of nitrogens with zero attached hydrogens (tertiary/aromatic N) is 1. The number of aliphatic carboxylic acids is 1. The molecule has 0 radical (unpaired) electrons. The van der Waals surface area contributed by atoms with Crippen LogP contribution >= 0.6 is 0 Å². The molecule has 7 nitrogen and oxygen atoms in total. The first-order valence-electron chi connectivity index (χ1n) is 6.97. The Balaban J connectivity index is 1.85. The average Bonchev–Trinajstić information content (AvgIpc) is 2.43. The first kappa shape index (κ1) is 15.2. The molecule has 2 unspecified atom stereocenters. The normalized spacial score (nSPS) is 21.6. The summed E-state index contributed by atoms with van der Waals surface area (Å²) in [5.74, 6) is -0.952. The number of carboxylic acids is 1. The number of aromatic nitrogens is 1. The third kappa shape index (κ3) is 4.71. The highest BCUT2D eigenvalue weighted by Gasteiger charge is 2.24.